The van der Waals surface area contributed by atoms with Crippen LogP contribution in [0.15, 0.2) is 47.4 Å². The van der Waals surface area contributed by atoms with Crippen molar-refractivity contribution >= 4 is 21.7 Å². The molecule has 0 aromatic heterocycles. The van der Waals surface area contributed by atoms with Crippen molar-refractivity contribution in [3.63, 3.8) is 0 Å². The number of primary amides is 1. The maximum atomic E-state index is 15.1. The Kier molecular flexibility index (Phi) is 6.22. The van der Waals surface area contributed by atoms with E-state index in [-0.39, 0.29) is 34.9 Å². The molecule has 1 aliphatic heterocycles. The van der Waals surface area contributed by atoms with E-state index in [2.05, 4.69) is 0 Å². The lowest BCUT2D eigenvalue weighted by molar-refractivity contribution is -0.129. The van der Waals surface area contributed by atoms with Gasteiger partial charge in [0.15, 0.2) is 9.84 Å². The summed E-state index contributed by atoms with van der Waals surface area (Å²) in [6, 6.07) is 8.65. The molecule has 2 amide bonds. The van der Waals surface area contributed by atoms with Crippen LogP contribution >= 0.6 is 0 Å². The van der Waals surface area contributed by atoms with Crippen LogP contribution < -0.4 is 5.73 Å². The van der Waals surface area contributed by atoms with Crippen LogP contribution in [0.3, 0.4) is 0 Å². The van der Waals surface area contributed by atoms with E-state index in [1.54, 1.807) is 0 Å². The zero-order valence-corrected chi connectivity index (χ0v) is 19.3. The second-order valence-electron chi connectivity index (χ2n) is 9.05. The van der Waals surface area contributed by atoms with Crippen LogP contribution in [-0.4, -0.2) is 43.5 Å². The molecular formula is C24H25F3N2O4S. The highest BCUT2D eigenvalue weighted by molar-refractivity contribution is 7.90. The summed E-state index contributed by atoms with van der Waals surface area (Å²) < 4.78 is 65.2. The van der Waals surface area contributed by atoms with Crippen LogP contribution in [0.25, 0.3) is 0 Å². The molecule has 34 heavy (non-hydrogen) atoms. The highest BCUT2D eigenvalue weighted by atomic mass is 32.2. The van der Waals surface area contributed by atoms with E-state index >= 15 is 4.39 Å². The van der Waals surface area contributed by atoms with E-state index in [1.807, 2.05) is 0 Å². The number of carbonyl (C=O) groups is 2. The van der Waals surface area contributed by atoms with Gasteiger partial charge in [-0.3, -0.25) is 9.59 Å². The Labute approximate surface area is 195 Å². The number of benzene rings is 2. The first-order valence-corrected chi connectivity index (χ1v) is 12.9. The largest absolute Gasteiger partial charge is 0.368 e. The number of nitrogens with zero attached hydrogens (tertiary/aromatic N) is 1. The van der Waals surface area contributed by atoms with Crippen LogP contribution in [0.2, 0.25) is 0 Å². The highest BCUT2D eigenvalue weighted by Crippen LogP contribution is 2.54. The number of rotatable bonds is 7. The van der Waals surface area contributed by atoms with Gasteiger partial charge in [-0.1, -0.05) is 18.2 Å². The van der Waals surface area contributed by atoms with Gasteiger partial charge in [0.1, 0.15) is 11.4 Å². The Hall–Kier alpha value is -2.88. The van der Waals surface area contributed by atoms with E-state index in [4.69, 9.17) is 5.73 Å². The van der Waals surface area contributed by atoms with Gasteiger partial charge in [-0.25, -0.2) is 21.6 Å². The number of alkyl halides is 2. The van der Waals surface area contributed by atoms with Crippen LogP contribution in [0, 0.1) is 11.7 Å². The molecule has 2 N–H and O–H groups in total. The van der Waals surface area contributed by atoms with Crippen molar-refractivity contribution < 1.29 is 31.2 Å². The molecule has 6 nitrogen and oxygen atoms in total. The summed E-state index contributed by atoms with van der Waals surface area (Å²) in [5.74, 6) is -3.20. The predicted molar refractivity (Wildman–Crippen MR) is 119 cm³/mol. The summed E-state index contributed by atoms with van der Waals surface area (Å²) in [5.41, 5.74) is 4.01. The SMILES string of the molecule is CS(=O)(=O)c1cccc(C(=O)N2CCC[C@@]2(C(N)=O)[C@@H](c2ccc(C(F)F)cc2F)C2CC2)c1. The third-order valence-electron chi connectivity index (χ3n) is 6.82. The Morgan fingerprint density at radius 2 is 1.85 bits per heavy atom. The number of likely N-dealkylation sites (tertiary alicyclic amines) is 1. The van der Waals surface area contributed by atoms with Crippen molar-refractivity contribution in [3.8, 4) is 0 Å². The number of nitrogens with two attached hydrogens (primary N) is 1. The van der Waals surface area contributed by atoms with Crippen molar-refractivity contribution in [3.05, 3.63) is 65.0 Å². The Morgan fingerprint density at radius 1 is 1.15 bits per heavy atom. The first-order valence-electron chi connectivity index (χ1n) is 11.0. The minimum absolute atomic E-state index is 0.0467. The molecule has 1 saturated heterocycles. The van der Waals surface area contributed by atoms with E-state index in [1.165, 1.54) is 35.2 Å². The normalized spacial score (nSPS) is 21.6. The highest BCUT2D eigenvalue weighted by Gasteiger charge is 2.58. The molecule has 4 rings (SSSR count). The molecule has 2 aliphatic rings. The molecule has 0 unspecified atom stereocenters. The van der Waals surface area contributed by atoms with Crippen LogP contribution in [0.5, 0.6) is 0 Å². The summed E-state index contributed by atoms with van der Waals surface area (Å²) >= 11 is 0. The van der Waals surface area contributed by atoms with Gasteiger partial charge >= 0.3 is 0 Å². The van der Waals surface area contributed by atoms with E-state index in [0.29, 0.717) is 19.3 Å². The lowest BCUT2D eigenvalue weighted by atomic mass is 9.73. The van der Waals surface area contributed by atoms with Gasteiger partial charge in [0, 0.05) is 29.8 Å². The quantitative estimate of drug-likeness (QED) is 0.633. The lowest BCUT2D eigenvalue weighted by Crippen LogP contribution is -2.60. The smallest absolute Gasteiger partial charge is 0.263 e. The summed E-state index contributed by atoms with van der Waals surface area (Å²) in [7, 11) is -3.58. The van der Waals surface area contributed by atoms with Crippen molar-refractivity contribution in [1.29, 1.82) is 0 Å². The minimum atomic E-state index is -3.58. The summed E-state index contributed by atoms with van der Waals surface area (Å²) in [4.78, 5) is 27.9. The first kappa shape index (κ1) is 24.3. The van der Waals surface area contributed by atoms with Crippen molar-refractivity contribution in [1.82, 2.24) is 4.90 Å². The first-order chi connectivity index (χ1) is 16.0. The predicted octanol–water partition coefficient (Wildman–Crippen LogP) is 3.82. The Balaban J connectivity index is 1.81. The third kappa shape index (κ3) is 4.19. The van der Waals surface area contributed by atoms with Crippen LogP contribution in [0.4, 0.5) is 13.2 Å². The zero-order valence-electron chi connectivity index (χ0n) is 18.5. The molecular weight excluding hydrogens is 469 g/mol. The standard InChI is InChI=1S/C24H25F3N2O4S/c1-34(32,33)17-5-2-4-16(12-17)22(30)29-11-3-10-24(29,23(28)31)20(14-6-7-14)18-9-8-15(21(26)27)13-19(18)25/h2,4-5,8-9,12-14,20-21H,3,6-7,10-11H2,1H3,(H2,28,31)/t20-,24+/m1/s1. The fourth-order valence-electron chi connectivity index (χ4n) is 5.13. The zero-order chi connectivity index (χ0) is 24.8. The average Bonchev–Trinajstić information content (AvgIpc) is 3.51. The number of hydrogen-bond acceptors (Lipinski definition) is 4. The molecule has 1 aliphatic carbocycles. The topological polar surface area (TPSA) is 97.5 Å². The van der Waals surface area contributed by atoms with Crippen molar-refractivity contribution in [2.75, 3.05) is 12.8 Å². The van der Waals surface area contributed by atoms with E-state index in [9.17, 15) is 26.8 Å². The summed E-state index contributed by atoms with van der Waals surface area (Å²) in [5, 5.41) is 0. The number of sulfone groups is 1. The summed E-state index contributed by atoms with van der Waals surface area (Å²) in [6.07, 6.45) is 0.162. The van der Waals surface area contributed by atoms with Gasteiger partial charge in [0.2, 0.25) is 5.91 Å². The van der Waals surface area contributed by atoms with Gasteiger partial charge in [-0.2, -0.15) is 0 Å². The molecule has 2 fully saturated rings. The molecule has 2 aromatic carbocycles. The second-order valence-corrected chi connectivity index (χ2v) is 11.1. The molecule has 0 spiro atoms. The maximum absolute atomic E-state index is 15.1. The van der Waals surface area contributed by atoms with Gasteiger partial charge in [-0.05, 0) is 61.4 Å². The molecule has 1 heterocycles. The number of hydrogen-bond donors (Lipinski definition) is 1. The Morgan fingerprint density at radius 3 is 2.41 bits per heavy atom. The van der Waals surface area contributed by atoms with Crippen LogP contribution in [0.1, 0.15) is 59.5 Å². The van der Waals surface area contributed by atoms with E-state index < -0.39 is 50.9 Å². The molecule has 182 valence electrons. The number of halogens is 3. The Bertz CT molecular complexity index is 1250. The summed E-state index contributed by atoms with van der Waals surface area (Å²) in [6.45, 7) is 0.171. The molecule has 10 heteroatoms. The minimum Gasteiger partial charge on any atom is -0.368 e. The fraction of sp³-hybridized carbons (Fsp3) is 0.417. The third-order valence-corrected chi connectivity index (χ3v) is 7.93. The monoisotopic (exact) mass is 494 g/mol. The number of carbonyl (C=O) groups excluding carboxylic acids is 2. The lowest BCUT2D eigenvalue weighted by Gasteiger charge is -2.43. The van der Waals surface area contributed by atoms with Gasteiger partial charge in [0.25, 0.3) is 12.3 Å². The molecule has 2 atom stereocenters. The second kappa shape index (κ2) is 8.72. The van der Waals surface area contributed by atoms with Crippen molar-refractivity contribution in [2.45, 2.75) is 48.5 Å². The van der Waals surface area contributed by atoms with Gasteiger partial charge in [-0.15, -0.1) is 0 Å². The average molecular weight is 495 g/mol. The molecule has 1 saturated carbocycles. The van der Waals surface area contributed by atoms with Crippen molar-refractivity contribution in [2.24, 2.45) is 11.7 Å². The van der Waals surface area contributed by atoms with E-state index in [0.717, 1.165) is 18.4 Å². The fourth-order valence-corrected chi connectivity index (χ4v) is 5.80. The molecule has 0 bridgehead atoms. The maximum Gasteiger partial charge on any atom is 0.263 e. The number of amides is 2. The van der Waals surface area contributed by atoms with Gasteiger partial charge < -0.3 is 10.6 Å². The molecule has 2 aromatic rings. The van der Waals surface area contributed by atoms with Gasteiger partial charge in [0.05, 0.1) is 4.90 Å². The molecule has 0 radical (unpaired) electrons. The van der Waals surface area contributed by atoms with Crippen LogP contribution in [-0.2, 0) is 14.6 Å².